The van der Waals surface area contributed by atoms with E-state index >= 15 is 0 Å². The fraction of sp³-hybridized carbons (Fsp3) is 0.500. The van der Waals surface area contributed by atoms with E-state index in [2.05, 4.69) is 15.6 Å². The molecular weight excluding hydrogens is 336 g/mol. The number of nitro benzene ring substituents is 1. The van der Waals surface area contributed by atoms with Crippen molar-refractivity contribution < 1.29 is 4.92 Å². The largest absolute Gasteiger partial charge is 0.317 e. The summed E-state index contributed by atoms with van der Waals surface area (Å²) in [6.07, 6.45) is 3.84. The Kier molecular flexibility index (Phi) is 4.54. The lowest BCUT2D eigenvalue weighted by Crippen LogP contribution is -2.38. The first-order valence-corrected chi connectivity index (χ1v) is 9.64. The highest BCUT2D eigenvalue weighted by molar-refractivity contribution is 7.13. The smallest absolute Gasteiger partial charge is 0.270 e. The summed E-state index contributed by atoms with van der Waals surface area (Å²) in [4.78, 5) is 17.8. The van der Waals surface area contributed by atoms with Crippen molar-refractivity contribution in [3.8, 4) is 10.6 Å². The third-order valence-corrected chi connectivity index (χ3v) is 6.36. The lowest BCUT2D eigenvalue weighted by atomic mass is 9.78. The normalized spacial score (nSPS) is 20.2. The van der Waals surface area contributed by atoms with Crippen LogP contribution in [0.3, 0.4) is 0 Å². The maximum Gasteiger partial charge on any atom is 0.270 e. The first-order valence-electron chi connectivity index (χ1n) is 8.76. The number of non-ortho nitro benzene ring substituents is 1. The molecule has 1 aromatic heterocycles. The van der Waals surface area contributed by atoms with Gasteiger partial charge in [0, 0.05) is 36.2 Å². The number of nitrogens with one attached hydrogen (secondary N) is 1. The minimum Gasteiger partial charge on any atom is -0.317 e. The predicted molar refractivity (Wildman–Crippen MR) is 98.6 cm³/mol. The second-order valence-corrected chi connectivity index (χ2v) is 8.02. The molecule has 1 spiro atoms. The monoisotopic (exact) mass is 358 g/mol. The third-order valence-electron chi connectivity index (χ3n) is 5.42. The van der Waals surface area contributed by atoms with Crippen LogP contribution in [0.5, 0.6) is 0 Å². The molecule has 0 radical (unpaired) electrons. The average molecular weight is 358 g/mol. The fourth-order valence-electron chi connectivity index (χ4n) is 4.02. The Morgan fingerprint density at radius 3 is 2.96 bits per heavy atom. The summed E-state index contributed by atoms with van der Waals surface area (Å²) in [5.74, 6) is 0. The zero-order chi connectivity index (χ0) is 17.3. The van der Waals surface area contributed by atoms with Crippen LogP contribution in [-0.4, -0.2) is 41.0 Å². The number of nitrogens with zero attached hydrogens (tertiary/aromatic N) is 3. The van der Waals surface area contributed by atoms with E-state index in [1.165, 1.54) is 31.9 Å². The number of piperidine rings is 1. The van der Waals surface area contributed by atoms with E-state index in [1.54, 1.807) is 23.5 Å². The molecule has 0 aliphatic carbocycles. The van der Waals surface area contributed by atoms with E-state index in [9.17, 15) is 10.1 Å². The molecule has 2 aromatic rings. The quantitative estimate of drug-likeness (QED) is 0.671. The zero-order valence-electron chi connectivity index (χ0n) is 14.1. The van der Waals surface area contributed by atoms with Gasteiger partial charge in [0.15, 0.2) is 0 Å². The second-order valence-electron chi connectivity index (χ2n) is 7.16. The average Bonchev–Trinajstić information content (AvgIpc) is 3.24. The van der Waals surface area contributed by atoms with Crippen LogP contribution < -0.4 is 5.32 Å². The molecule has 6 nitrogen and oxygen atoms in total. The Labute approximate surface area is 151 Å². The summed E-state index contributed by atoms with van der Waals surface area (Å²) in [6.45, 7) is 5.46. The van der Waals surface area contributed by atoms with Crippen LogP contribution in [0.15, 0.2) is 29.6 Å². The highest BCUT2D eigenvalue weighted by atomic mass is 32.1. The predicted octanol–water partition coefficient (Wildman–Crippen LogP) is 3.29. The van der Waals surface area contributed by atoms with Crippen molar-refractivity contribution in [2.24, 2.45) is 5.41 Å². The molecule has 1 N–H and O–H groups in total. The topological polar surface area (TPSA) is 71.3 Å². The number of benzene rings is 1. The number of thiazole rings is 1. The maximum absolute atomic E-state index is 10.9. The molecule has 4 rings (SSSR count). The van der Waals surface area contributed by atoms with Crippen LogP contribution in [0.25, 0.3) is 10.6 Å². The van der Waals surface area contributed by atoms with Crippen molar-refractivity contribution in [2.75, 3.05) is 26.2 Å². The summed E-state index contributed by atoms with van der Waals surface area (Å²) in [5, 5.41) is 17.3. The van der Waals surface area contributed by atoms with E-state index < -0.39 is 0 Å². The Balaban J connectivity index is 1.44. The first kappa shape index (κ1) is 16.6. The molecule has 3 heterocycles. The number of likely N-dealkylation sites (tertiary alicyclic amines) is 1. The van der Waals surface area contributed by atoms with Crippen LogP contribution in [0.4, 0.5) is 5.69 Å². The van der Waals surface area contributed by atoms with Crippen LogP contribution in [0.1, 0.15) is 25.0 Å². The van der Waals surface area contributed by atoms with Crippen molar-refractivity contribution in [1.82, 2.24) is 15.2 Å². The molecule has 2 saturated heterocycles. The lowest BCUT2D eigenvalue weighted by molar-refractivity contribution is -0.384. The number of aromatic nitrogens is 1. The van der Waals surface area contributed by atoms with E-state index in [0.29, 0.717) is 5.41 Å². The number of hydrogen-bond donors (Lipinski definition) is 1. The van der Waals surface area contributed by atoms with Crippen LogP contribution in [-0.2, 0) is 6.54 Å². The zero-order valence-corrected chi connectivity index (χ0v) is 14.9. The van der Waals surface area contributed by atoms with Gasteiger partial charge in [-0.15, -0.1) is 11.3 Å². The molecule has 2 aliphatic rings. The summed E-state index contributed by atoms with van der Waals surface area (Å²) in [6, 6.07) is 6.72. The SMILES string of the molecule is O=[N+]([O-])c1cccc(-c2nc(CN3CCC4(CCNCC4)C3)cs2)c1. The summed E-state index contributed by atoms with van der Waals surface area (Å²) in [5.41, 5.74) is 2.50. The Bertz CT molecular complexity index is 770. The van der Waals surface area contributed by atoms with Gasteiger partial charge >= 0.3 is 0 Å². The maximum atomic E-state index is 10.9. The highest BCUT2D eigenvalue weighted by Crippen LogP contribution is 2.39. The Morgan fingerprint density at radius 2 is 2.16 bits per heavy atom. The highest BCUT2D eigenvalue weighted by Gasteiger charge is 2.38. The van der Waals surface area contributed by atoms with Gasteiger partial charge in [-0.05, 0) is 44.3 Å². The minimum atomic E-state index is -0.360. The molecule has 25 heavy (non-hydrogen) atoms. The molecule has 2 aliphatic heterocycles. The standard InChI is InChI=1S/C18H22N4O2S/c23-22(24)16-3-1-2-14(10-16)17-20-15(12-25-17)11-21-9-6-18(13-21)4-7-19-8-5-18/h1-3,10,12,19H,4-9,11,13H2. The van der Waals surface area contributed by atoms with Gasteiger partial charge in [-0.3, -0.25) is 15.0 Å². The Hall–Kier alpha value is -1.83. The van der Waals surface area contributed by atoms with Gasteiger partial charge in [-0.1, -0.05) is 12.1 Å². The van der Waals surface area contributed by atoms with Crippen molar-refractivity contribution >= 4 is 17.0 Å². The van der Waals surface area contributed by atoms with Crippen LogP contribution >= 0.6 is 11.3 Å². The van der Waals surface area contributed by atoms with Crippen molar-refractivity contribution in [3.05, 3.63) is 45.5 Å². The molecular formula is C18H22N4O2S. The van der Waals surface area contributed by atoms with Gasteiger partial charge in [0.2, 0.25) is 0 Å². The lowest BCUT2D eigenvalue weighted by Gasteiger charge is -2.33. The van der Waals surface area contributed by atoms with Crippen LogP contribution in [0, 0.1) is 15.5 Å². The van der Waals surface area contributed by atoms with Crippen molar-refractivity contribution in [2.45, 2.75) is 25.8 Å². The number of hydrogen-bond acceptors (Lipinski definition) is 6. The molecule has 0 saturated carbocycles. The van der Waals surface area contributed by atoms with Crippen molar-refractivity contribution in [1.29, 1.82) is 0 Å². The second kappa shape index (κ2) is 6.82. The minimum absolute atomic E-state index is 0.113. The summed E-state index contributed by atoms with van der Waals surface area (Å²) in [7, 11) is 0. The molecule has 0 bridgehead atoms. The van der Waals surface area contributed by atoms with Gasteiger partial charge in [0.1, 0.15) is 5.01 Å². The van der Waals surface area contributed by atoms with Gasteiger partial charge in [0.05, 0.1) is 10.6 Å². The molecule has 132 valence electrons. The van der Waals surface area contributed by atoms with Crippen molar-refractivity contribution in [3.63, 3.8) is 0 Å². The van der Waals surface area contributed by atoms with Gasteiger partial charge < -0.3 is 5.32 Å². The van der Waals surface area contributed by atoms with Gasteiger partial charge in [-0.2, -0.15) is 0 Å². The van der Waals surface area contributed by atoms with Gasteiger partial charge in [-0.25, -0.2) is 4.98 Å². The van der Waals surface area contributed by atoms with E-state index in [0.717, 1.165) is 42.4 Å². The fourth-order valence-corrected chi connectivity index (χ4v) is 4.83. The third kappa shape index (κ3) is 3.58. The Morgan fingerprint density at radius 1 is 1.32 bits per heavy atom. The summed E-state index contributed by atoms with van der Waals surface area (Å²) >= 11 is 1.56. The molecule has 2 fully saturated rings. The van der Waals surface area contributed by atoms with Crippen LogP contribution in [0.2, 0.25) is 0 Å². The number of nitro groups is 1. The molecule has 0 unspecified atom stereocenters. The molecule has 0 atom stereocenters. The molecule has 7 heteroatoms. The van der Waals surface area contributed by atoms with E-state index in [1.807, 2.05) is 6.07 Å². The molecule has 1 aromatic carbocycles. The number of rotatable bonds is 4. The van der Waals surface area contributed by atoms with E-state index in [4.69, 9.17) is 4.98 Å². The first-order chi connectivity index (χ1) is 12.1. The summed E-state index contributed by atoms with van der Waals surface area (Å²) < 4.78 is 0. The molecule has 0 amide bonds. The van der Waals surface area contributed by atoms with E-state index in [-0.39, 0.29) is 10.6 Å². The van der Waals surface area contributed by atoms with Gasteiger partial charge in [0.25, 0.3) is 5.69 Å².